The molecule has 0 radical (unpaired) electrons. The van der Waals surface area contributed by atoms with Crippen molar-refractivity contribution in [2.24, 2.45) is 5.92 Å². The van der Waals surface area contributed by atoms with Crippen molar-refractivity contribution < 1.29 is 14.4 Å². The Morgan fingerprint density at radius 2 is 1.77 bits per heavy atom. The van der Waals surface area contributed by atoms with E-state index in [9.17, 15) is 4.79 Å². The van der Waals surface area contributed by atoms with Crippen LogP contribution in [0.15, 0.2) is 24.3 Å². The summed E-state index contributed by atoms with van der Waals surface area (Å²) in [7, 11) is 0. The zero-order chi connectivity index (χ0) is 18.0. The quantitative estimate of drug-likeness (QED) is 0.815. The molecule has 4 heteroatoms. The number of carbonyl (C=O) groups excluding carboxylic acids is 1. The van der Waals surface area contributed by atoms with Crippen LogP contribution in [0.2, 0.25) is 5.02 Å². The van der Waals surface area contributed by atoms with Crippen molar-refractivity contribution in [1.82, 2.24) is 0 Å². The fourth-order valence-electron chi connectivity index (χ4n) is 5.66. The molecule has 2 aliphatic heterocycles. The molecule has 1 aromatic rings. The Bertz CT molecular complexity index is 622. The fraction of sp³-hybridized carbons (Fsp3) is 0.682. The summed E-state index contributed by atoms with van der Waals surface area (Å²) in [5, 5.41) is 0.720. The van der Waals surface area contributed by atoms with E-state index in [1.807, 2.05) is 24.3 Å². The van der Waals surface area contributed by atoms with Crippen molar-refractivity contribution in [1.29, 1.82) is 0 Å². The van der Waals surface area contributed by atoms with Gasteiger partial charge in [-0.15, -0.1) is 0 Å². The highest BCUT2D eigenvalue weighted by atomic mass is 35.5. The van der Waals surface area contributed by atoms with Crippen LogP contribution < -0.4 is 4.90 Å². The van der Waals surface area contributed by atoms with Crippen LogP contribution in [0.4, 0.5) is 0 Å². The maximum atomic E-state index is 13.2. The molecule has 0 spiro atoms. The summed E-state index contributed by atoms with van der Waals surface area (Å²) < 4.78 is 6.02. The summed E-state index contributed by atoms with van der Waals surface area (Å²) in [4.78, 5) is 15.0. The number of ether oxygens (including phenoxy) is 1. The number of esters is 1. The molecule has 1 N–H and O–H groups in total. The van der Waals surface area contributed by atoms with Crippen LogP contribution in [0, 0.1) is 5.92 Å². The molecule has 1 saturated carbocycles. The summed E-state index contributed by atoms with van der Waals surface area (Å²) in [5.74, 6) is 0.548. The first-order valence-electron chi connectivity index (χ1n) is 10.5. The van der Waals surface area contributed by atoms with Crippen molar-refractivity contribution >= 4 is 17.6 Å². The van der Waals surface area contributed by atoms with Gasteiger partial charge in [0.15, 0.2) is 0 Å². The maximum absolute atomic E-state index is 13.2. The van der Waals surface area contributed by atoms with Crippen LogP contribution >= 0.6 is 11.6 Å². The molecule has 26 heavy (non-hydrogen) atoms. The number of nitrogens with one attached hydrogen (secondary N) is 1. The standard InChI is InChI=1S/C22H30ClNO2/c23-19-10-8-18(9-11-19)22(12-2-3-13-22)21(25)26-16-17-6-5-15-24-14-4-1-7-20(17)24/h8-11,17,20H,1-7,12-16H2/p+1/t17-,20+/m0/s1. The normalized spacial score (nSPS) is 30.6. The van der Waals surface area contributed by atoms with E-state index >= 15 is 0 Å². The molecule has 3 aliphatic rings. The second kappa shape index (κ2) is 7.90. The minimum atomic E-state index is -0.446. The molecule has 1 aliphatic carbocycles. The molecule has 0 aromatic heterocycles. The Morgan fingerprint density at radius 1 is 1.04 bits per heavy atom. The number of rotatable bonds is 4. The fourth-order valence-corrected chi connectivity index (χ4v) is 5.78. The van der Waals surface area contributed by atoms with Gasteiger partial charge in [0.1, 0.15) is 0 Å². The summed E-state index contributed by atoms with van der Waals surface area (Å²) in [6.45, 7) is 3.23. The van der Waals surface area contributed by atoms with E-state index in [1.54, 1.807) is 4.90 Å². The third kappa shape index (κ3) is 3.53. The first-order chi connectivity index (χ1) is 12.7. The van der Waals surface area contributed by atoms with Gasteiger partial charge in [0.2, 0.25) is 0 Å². The molecular weight excluding hydrogens is 346 g/mol. The Morgan fingerprint density at radius 3 is 2.54 bits per heavy atom. The van der Waals surface area contributed by atoms with Gasteiger partial charge in [0, 0.05) is 10.9 Å². The lowest BCUT2D eigenvalue weighted by atomic mass is 9.79. The first kappa shape index (κ1) is 18.3. The predicted octanol–water partition coefficient (Wildman–Crippen LogP) is 3.54. The second-order valence-corrected chi connectivity index (χ2v) is 8.99. The van der Waals surface area contributed by atoms with Crippen molar-refractivity contribution in [2.45, 2.75) is 69.2 Å². The highest BCUT2D eigenvalue weighted by Gasteiger charge is 2.45. The third-order valence-electron chi connectivity index (χ3n) is 7.10. The monoisotopic (exact) mass is 376 g/mol. The van der Waals surface area contributed by atoms with E-state index in [4.69, 9.17) is 16.3 Å². The molecule has 2 saturated heterocycles. The molecule has 1 aromatic carbocycles. The predicted molar refractivity (Wildman–Crippen MR) is 104 cm³/mol. The minimum Gasteiger partial charge on any atom is -0.464 e. The van der Waals surface area contributed by atoms with E-state index in [-0.39, 0.29) is 5.97 Å². The largest absolute Gasteiger partial charge is 0.464 e. The zero-order valence-corrected chi connectivity index (χ0v) is 16.4. The van der Waals surface area contributed by atoms with Gasteiger partial charge in [-0.25, -0.2) is 0 Å². The van der Waals surface area contributed by atoms with E-state index in [0.29, 0.717) is 18.6 Å². The lowest BCUT2D eigenvalue weighted by molar-refractivity contribution is -0.940. The Balaban J connectivity index is 1.44. The molecule has 142 valence electrons. The van der Waals surface area contributed by atoms with Gasteiger partial charge in [0.05, 0.1) is 31.2 Å². The van der Waals surface area contributed by atoms with Gasteiger partial charge in [-0.05, 0) is 62.6 Å². The van der Waals surface area contributed by atoms with Gasteiger partial charge < -0.3 is 9.64 Å². The first-order valence-corrected chi connectivity index (χ1v) is 10.8. The number of benzene rings is 1. The van der Waals surface area contributed by atoms with Gasteiger partial charge in [-0.1, -0.05) is 36.6 Å². The van der Waals surface area contributed by atoms with Crippen LogP contribution in [-0.4, -0.2) is 31.7 Å². The molecule has 3 nitrogen and oxygen atoms in total. The van der Waals surface area contributed by atoms with Gasteiger partial charge in [-0.3, -0.25) is 4.79 Å². The van der Waals surface area contributed by atoms with Gasteiger partial charge >= 0.3 is 5.97 Å². The molecular formula is C22H31ClNO2+. The molecule has 3 atom stereocenters. The molecule has 1 unspecified atom stereocenters. The van der Waals surface area contributed by atoms with Gasteiger partial charge in [0.25, 0.3) is 0 Å². The lowest BCUT2D eigenvalue weighted by Gasteiger charge is -2.41. The van der Waals surface area contributed by atoms with Gasteiger partial charge in [-0.2, -0.15) is 0 Å². The summed E-state index contributed by atoms with van der Waals surface area (Å²) >= 11 is 6.05. The molecule has 2 heterocycles. The van der Waals surface area contributed by atoms with Crippen LogP contribution in [0.25, 0.3) is 0 Å². The van der Waals surface area contributed by atoms with Crippen LogP contribution in [0.5, 0.6) is 0 Å². The lowest BCUT2D eigenvalue weighted by Crippen LogP contribution is -3.18. The van der Waals surface area contributed by atoms with E-state index in [0.717, 1.165) is 36.3 Å². The number of halogens is 1. The highest BCUT2D eigenvalue weighted by molar-refractivity contribution is 6.30. The Kier molecular flexibility index (Phi) is 5.56. The molecule has 4 rings (SSSR count). The Hall–Kier alpha value is -1.06. The number of fused-ring (bicyclic) bond motifs is 1. The van der Waals surface area contributed by atoms with Crippen molar-refractivity contribution in [3.63, 3.8) is 0 Å². The molecule has 0 amide bonds. The SMILES string of the molecule is O=C(OC[C@@H]1CCC[NH+]2CCCC[C@H]12)C1(c2ccc(Cl)cc2)CCCC1. The van der Waals surface area contributed by atoms with Crippen LogP contribution in [0.1, 0.15) is 63.4 Å². The second-order valence-electron chi connectivity index (χ2n) is 8.56. The van der Waals surface area contributed by atoms with Crippen LogP contribution in [-0.2, 0) is 14.9 Å². The summed E-state index contributed by atoms with van der Waals surface area (Å²) in [5.41, 5.74) is 0.635. The van der Waals surface area contributed by atoms with Crippen molar-refractivity contribution in [2.75, 3.05) is 19.7 Å². The smallest absolute Gasteiger partial charge is 0.316 e. The average molecular weight is 377 g/mol. The highest BCUT2D eigenvalue weighted by Crippen LogP contribution is 2.42. The number of quaternary nitrogens is 1. The zero-order valence-electron chi connectivity index (χ0n) is 15.6. The maximum Gasteiger partial charge on any atom is 0.316 e. The summed E-state index contributed by atoms with van der Waals surface area (Å²) in [6, 6.07) is 8.54. The molecule has 0 bridgehead atoms. The summed E-state index contributed by atoms with van der Waals surface area (Å²) in [6.07, 6.45) is 10.5. The topological polar surface area (TPSA) is 30.7 Å². The minimum absolute atomic E-state index is 0.000236. The van der Waals surface area contributed by atoms with Crippen molar-refractivity contribution in [3.8, 4) is 0 Å². The third-order valence-corrected chi connectivity index (χ3v) is 7.35. The van der Waals surface area contributed by atoms with E-state index < -0.39 is 5.41 Å². The number of piperidine rings is 2. The van der Waals surface area contributed by atoms with Crippen LogP contribution in [0.3, 0.4) is 0 Å². The molecule has 3 fully saturated rings. The number of hydrogen-bond donors (Lipinski definition) is 1. The van der Waals surface area contributed by atoms with Crippen molar-refractivity contribution in [3.05, 3.63) is 34.9 Å². The average Bonchev–Trinajstić information content (AvgIpc) is 3.18. The van der Waals surface area contributed by atoms with E-state index in [1.165, 1.54) is 45.2 Å². The Labute approximate surface area is 162 Å². The van der Waals surface area contributed by atoms with E-state index in [2.05, 4.69) is 0 Å². The number of carbonyl (C=O) groups is 1. The number of hydrogen-bond acceptors (Lipinski definition) is 2.